The third-order valence-corrected chi connectivity index (χ3v) is 18.6. The molecule has 2 fully saturated rings. The lowest BCUT2D eigenvalue weighted by molar-refractivity contribution is -0.144. The van der Waals surface area contributed by atoms with Gasteiger partial charge in [-0.05, 0) is 116 Å². The predicted molar refractivity (Wildman–Crippen MR) is 338 cm³/mol. The van der Waals surface area contributed by atoms with E-state index >= 15 is 4.39 Å². The van der Waals surface area contributed by atoms with Crippen LogP contribution in [-0.4, -0.2) is 138 Å². The zero-order valence-corrected chi connectivity index (χ0v) is 52.5. The number of halogens is 2. The van der Waals surface area contributed by atoms with Gasteiger partial charge < -0.3 is 49.8 Å². The summed E-state index contributed by atoms with van der Waals surface area (Å²) in [5.41, 5.74) is 5.35. The van der Waals surface area contributed by atoms with Gasteiger partial charge in [-0.25, -0.2) is 28.5 Å². The second-order valence-corrected chi connectivity index (χ2v) is 26.0. The number of anilines is 2. The summed E-state index contributed by atoms with van der Waals surface area (Å²) in [7, 11) is 0. The number of aryl methyl sites for hydroxylation is 2. The third-order valence-electron chi connectivity index (χ3n) is 15.5. The predicted octanol–water partition coefficient (Wildman–Crippen LogP) is 9.54. The molecular weight excluding hydrogens is 1200 g/mol. The first kappa shape index (κ1) is 64.1. The van der Waals surface area contributed by atoms with Crippen molar-refractivity contribution in [3.63, 3.8) is 0 Å². The van der Waals surface area contributed by atoms with E-state index in [-0.39, 0.29) is 62.5 Å². The standard InChI is InChI=1S/C65H71F2N9O10S3/c1-40-55(87-39-70-40)43-19-20-44(37-69-58(78)49-15-9-27-76(49)59(79)56(64(2,3)4)73-61(82)65(67)23-24-65)51(36-43)86-34-33-84-32-31-83-30-26-68-25-8-11-41-18-21-50(47(66)35-41)85-29-10-17-53-54(60(80)81)72-63(89-53)75-28-22-42-12-7-13-45(46(42)38-75)57(77)74-62-71-48-14-5-6-16-52(48)88-62/h5-7,12-14,16,18-21,35-36,39,49,56,68H,9-10,15,17,22-34,37-38H2,1-4H3,(H,69,78)(H,73,82)(H,80,81)(H,71,74,77)/t49-,56+/m0/s1. The smallest absolute Gasteiger partial charge is 0.355 e. The van der Waals surface area contributed by atoms with Crippen LogP contribution in [0.25, 0.3) is 20.7 Å². The molecule has 0 radical (unpaired) electrons. The first-order valence-corrected chi connectivity index (χ1v) is 32.2. The van der Waals surface area contributed by atoms with Crippen molar-refractivity contribution in [2.24, 2.45) is 5.41 Å². The minimum atomic E-state index is -1.94. The fourth-order valence-corrected chi connectivity index (χ4v) is 13.3. The quantitative estimate of drug-likeness (QED) is 0.0238. The van der Waals surface area contributed by atoms with Crippen LogP contribution in [0.2, 0.25) is 0 Å². The molecule has 3 aliphatic rings. The number of thiazole rings is 3. The highest BCUT2D eigenvalue weighted by Gasteiger charge is 2.53. The molecule has 10 rings (SSSR count). The number of carbonyl (C=O) groups excluding carboxylic acids is 4. The number of hydrogen-bond acceptors (Lipinski definition) is 17. The van der Waals surface area contributed by atoms with Crippen LogP contribution in [0, 0.1) is 30.0 Å². The van der Waals surface area contributed by atoms with Crippen LogP contribution in [0.5, 0.6) is 11.5 Å². The van der Waals surface area contributed by atoms with Crippen LogP contribution in [0.4, 0.5) is 19.0 Å². The van der Waals surface area contributed by atoms with E-state index in [9.17, 15) is 33.5 Å². The fraction of sp³-hybridized carbons (Fsp3) is 0.415. The van der Waals surface area contributed by atoms with Crippen molar-refractivity contribution in [3.8, 4) is 33.8 Å². The number of aromatic carboxylic acids is 1. The van der Waals surface area contributed by atoms with Crippen LogP contribution in [0.15, 0.2) is 84.4 Å². The summed E-state index contributed by atoms with van der Waals surface area (Å²) in [6, 6.07) is 21.9. The molecule has 0 spiro atoms. The number of amides is 4. The van der Waals surface area contributed by atoms with Crippen molar-refractivity contribution in [2.45, 2.75) is 103 Å². The van der Waals surface area contributed by atoms with E-state index < -0.39 is 46.8 Å². The number of alkyl halides is 1. The highest BCUT2D eigenvalue weighted by Crippen LogP contribution is 2.41. The van der Waals surface area contributed by atoms with Gasteiger partial charge in [0.25, 0.3) is 11.8 Å². The average Bonchev–Trinajstić information content (AvgIpc) is 2.08. The van der Waals surface area contributed by atoms with Gasteiger partial charge in [0.05, 0.1) is 65.9 Å². The number of nitrogens with zero attached hydrogens (tertiary/aromatic N) is 5. The van der Waals surface area contributed by atoms with Gasteiger partial charge in [0, 0.05) is 54.3 Å². The van der Waals surface area contributed by atoms with Crippen LogP contribution in [-0.2, 0) is 49.8 Å². The molecule has 468 valence electrons. The minimum absolute atomic E-state index is 0.0323. The van der Waals surface area contributed by atoms with E-state index in [0.717, 1.165) is 43.0 Å². The van der Waals surface area contributed by atoms with E-state index in [0.29, 0.717) is 117 Å². The number of nitrogens with one attached hydrogen (secondary N) is 4. The highest BCUT2D eigenvalue weighted by atomic mass is 32.1. The molecule has 1 saturated heterocycles. The summed E-state index contributed by atoms with van der Waals surface area (Å²) in [5, 5.41) is 23.0. The fourth-order valence-electron chi connectivity index (χ4n) is 10.5. The molecular formula is C65H71F2N9O10S3. The number of rotatable bonds is 27. The normalized spacial score (nSPS) is 15.4. The van der Waals surface area contributed by atoms with Crippen molar-refractivity contribution in [1.82, 2.24) is 35.8 Å². The van der Waals surface area contributed by atoms with Crippen LogP contribution < -0.4 is 35.6 Å². The van der Waals surface area contributed by atoms with E-state index in [4.69, 9.17) is 18.9 Å². The van der Waals surface area contributed by atoms with Gasteiger partial charge in [-0.15, -0.1) is 22.7 Å². The Labute approximate surface area is 526 Å². The van der Waals surface area contributed by atoms with Crippen molar-refractivity contribution >= 4 is 84.1 Å². The number of benzene rings is 4. The molecule has 1 saturated carbocycles. The lowest BCUT2D eigenvalue weighted by atomic mass is 9.85. The van der Waals surface area contributed by atoms with Gasteiger partial charge in [0.15, 0.2) is 33.2 Å². The molecule has 7 aromatic rings. The molecule has 89 heavy (non-hydrogen) atoms. The Morgan fingerprint density at radius 2 is 1.70 bits per heavy atom. The Hall–Kier alpha value is -7.92. The van der Waals surface area contributed by atoms with Crippen molar-refractivity contribution in [2.75, 3.05) is 76.0 Å². The van der Waals surface area contributed by atoms with E-state index in [1.807, 2.05) is 66.4 Å². The summed E-state index contributed by atoms with van der Waals surface area (Å²) >= 11 is 4.22. The zero-order chi connectivity index (χ0) is 62.7. The number of para-hydroxylation sites is 1. The van der Waals surface area contributed by atoms with Crippen molar-refractivity contribution in [3.05, 3.63) is 134 Å². The number of likely N-dealkylation sites (tertiary alicyclic amines) is 1. The molecule has 3 aromatic heterocycles. The van der Waals surface area contributed by atoms with Crippen LogP contribution in [0.1, 0.15) is 107 Å². The number of carboxylic acid groups (broad SMARTS) is 1. The molecule has 5 heterocycles. The summed E-state index contributed by atoms with van der Waals surface area (Å²) in [5.74, 6) is 3.10. The van der Waals surface area contributed by atoms with Gasteiger partial charge in [0.2, 0.25) is 11.8 Å². The number of carbonyl (C=O) groups is 5. The molecule has 24 heteroatoms. The second kappa shape index (κ2) is 29.1. The highest BCUT2D eigenvalue weighted by molar-refractivity contribution is 7.22. The first-order chi connectivity index (χ1) is 42.9. The second-order valence-electron chi connectivity index (χ2n) is 23.0. The Bertz CT molecular complexity index is 3740. The van der Waals surface area contributed by atoms with Crippen LogP contribution >= 0.6 is 34.0 Å². The summed E-state index contributed by atoms with van der Waals surface area (Å²) < 4.78 is 54.3. The lowest BCUT2D eigenvalue weighted by Gasteiger charge is -2.35. The van der Waals surface area contributed by atoms with Crippen molar-refractivity contribution in [1.29, 1.82) is 0 Å². The van der Waals surface area contributed by atoms with Crippen LogP contribution in [0.3, 0.4) is 0 Å². The van der Waals surface area contributed by atoms with Gasteiger partial charge in [0.1, 0.15) is 24.4 Å². The number of carboxylic acids is 1. The molecule has 2 aliphatic heterocycles. The Kier molecular flexibility index (Phi) is 21.0. The molecule has 1 aliphatic carbocycles. The average molecular weight is 1270 g/mol. The monoisotopic (exact) mass is 1270 g/mol. The van der Waals surface area contributed by atoms with E-state index in [1.54, 1.807) is 38.4 Å². The van der Waals surface area contributed by atoms with E-state index in [2.05, 4.69) is 48.1 Å². The topological polar surface area (TPSA) is 236 Å². The summed E-state index contributed by atoms with van der Waals surface area (Å²) in [4.78, 5) is 84.8. The van der Waals surface area contributed by atoms with E-state index in [1.165, 1.54) is 51.0 Å². The Morgan fingerprint density at radius 3 is 2.46 bits per heavy atom. The summed E-state index contributed by atoms with van der Waals surface area (Å²) in [6.45, 7) is 11.4. The Morgan fingerprint density at radius 1 is 0.899 bits per heavy atom. The SMILES string of the molecule is Cc1ncsc1-c1ccc(CNC(=O)[C@@H]2CCCN2C(=O)[C@@H](NC(=O)C2(F)CC2)C(C)(C)C)c(OCCOCCOCCNCC#Cc2ccc(OCCCc3sc(N4CCc5cccc(C(=O)Nc6nc7ccccc7s6)c5C4)nc3C(=O)O)c(F)c2)c1. The van der Waals surface area contributed by atoms with Gasteiger partial charge in [-0.3, -0.25) is 24.5 Å². The van der Waals surface area contributed by atoms with Crippen molar-refractivity contribution < 1.29 is 56.8 Å². The lowest BCUT2D eigenvalue weighted by Crippen LogP contribution is -2.58. The maximum absolute atomic E-state index is 15.1. The molecule has 5 N–H and O–H groups in total. The van der Waals surface area contributed by atoms with Gasteiger partial charge in [-0.1, -0.05) is 80.3 Å². The maximum Gasteiger partial charge on any atom is 0.355 e. The number of ether oxygens (including phenoxy) is 4. The molecule has 19 nitrogen and oxygen atoms in total. The molecule has 0 unspecified atom stereocenters. The number of aromatic nitrogens is 3. The molecule has 4 aromatic carbocycles. The number of fused-ring (bicyclic) bond motifs is 2. The molecule has 0 bridgehead atoms. The van der Waals surface area contributed by atoms with Gasteiger partial charge in [-0.2, -0.15) is 0 Å². The minimum Gasteiger partial charge on any atom is -0.491 e. The largest absolute Gasteiger partial charge is 0.491 e. The Balaban J connectivity index is 0.613. The zero-order valence-electron chi connectivity index (χ0n) is 50.0. The van der Waals surface area contributed by atoms with Gasteiger partial charge >= 0.3 is 5.97 Å². The third kappa shape index (κ3) is 16.3. The first-order valence-electron chi connectivity index (χ1n) is 29.7. The molecule has 2 atom stereocenters. The number of hydrogen-bond donors (Lipinski definition) is 5. The molecule has 4 amide bonds. The summed E-state index contributed by atoms with van der Waals surface area (Å²) in [6.07, 6.45) is 2.76. The maximum atomic E-state index is 15.1.